The predicted octanol–water partition coefficient (Wildman–Crippen LogP) is -0.201. The van der Waals surface area contributed by atoms with E-state index in [0.29, 0.717) is 0 Å². The number of carbonyl (C=O) groups is 3. The fraction of sp³-hybridized carbons (Fsp3) is 0.700. The molecule has 0 saturated carbocycles. The lowest BCUT2D eigenvalue weighted by atomic mass is 10.2. The molecule has 0 unspecified atom stereocenters. The van der Waals surface area contributed by atoms with Gasteiger partial charge in [-0.25, -0.2) is 0 Å². The van der Waals surface area contributed by atoms with E-state index in [4.69, 9.17) is 16.3 Å². The third-order valence-electron chi connectivity index (χ3n) is 1.42. The second-order valence-corrected chi connectivity index (χ2v) is 4.54. The molecule has 0 aromatic heterocycles. The minimum Gasteiger partial charge on any atom is -0.459 e. The maximum atomic E-state index is 11.2. The minimum atomic E-state index is -0.589. The van der Waals surface area contributed by atoms with Crippen molar-refractivity contribution >= 4 is 29.4 Å². The molecule has 0 aliphatic rings. The summed E-state index contributed by atoms with van der Waals surface area (Å²) in [7, 11) is 0. The minimum absolute atomic E-state index is 0.209. The van der Waals surface area contributed by atoms with E-state index in [1.165, 1.54) is 0 Å². The Balaban J connectivity index is 3.77. The molecule has 0 bridgehead atoms. The zero-order valence-corrected chi connectivity index (χ0v) is 10.9. The number of hydrogen-bond acceptors (Lipinski definition) is 4. The fourth-order valence-corrected chi connectivity index (χ4v) is 0.931. The summed E-state index contributed by atoms with van der Waals surface area (Å²) in [5.41, 5.74) is -0.589. The average molecular weight is 265 g/mol. The molecule has 7 heteroatoms. The Morgan fingerprint density at radius 3 is 2.06 bits per heavy atom. The molecule has 0 aromatic rings. The van der Waals surface area contributed by atoms with Crippen molar-refractivity contribution in [1.82, 2.24) is 10.6 Å². The van der Waals surface area contributed by atoms with E-state index in [2.05, 4.69) is 10.6 Å². The summed E-state index contributed by atoms with van der Waals surface area (Å²) in [5.74, 6) is -1.66. The van der Waals surface area contributed by atoms with Crippen LogP contribution < -0.4 is 10.6 Å². The van der Waals surface area contributed by atoms with Crippen LogP contribution in [0, 0.1) is 0 Å². The molecule has 0 heterocycles. The van der Waals surface area contributed by atoms with Gasteiger partial charge in [0.2, 0.25) is 11.8 Å². The maximum Gasteiger partial charge on any atom is 0.325 e. The highest BCUT2D eigenvalue weighted by atomic mass is 35.5. The zero-order valence-electron chi connectivity index (χ0n) is 10.1. The van der Waals surface area contributed by atoms with Gasteiger partial charge in [0.1, 0.15) is 18.0 Å². The van der Waals surface area contributed by atoms with Crippen molar-refractivity contribution in [3.63, 3.8) is 0 Å². The van der Waals surface area contributed by atoms with E-state index in [-0.39, 0.29) is 19.0 Å². The third-order valence-corrected chi connectivity index (χ3v) is 1.66. The molecule has 0 radical (unpaired) electrons. The summed E-state index contributed by atoms with van der Waals surface area (Å²) in [6, 6.07) is 0. The molecule has 0 saturated heterocycles. The molecule has 2 amide bonds. The van der Waals surface area contributed by atoms with Gasteiger partial charge in [-0.1, -0.05) is 0 Å². The van der Waals surface area contributed by atoms with Gasteiger partial charge in [0.25, 0.3) is 0 Å². The molecular formula is C10H17ClN2O4. The van der Waals surface area contributed by atoms with Crippen molar-refractivity contribution < 1.29 is 19.1 Å². The summed E-state index contributed by atoms with van der Waals surface area (Å²) < 4.78 is 4.97. The van der Waals surface area contributed by atoms with E-state index in [9.17, 15) is 14.4 Å². The number of carbonyl (C=O) groups excluding carboxylic acids is 3. The lowest BCUT2D eigenvalue weighted by molar-refractivity contribution is -0.154. The highest BCUT2D eigenvalue weighted by molar-refractivity contribution is 6.27. The number of ether oxygens (including phenoxy) is 1. The lowest BCUT2D eigenvalue weighted by Crippen LogP contribution is -2.40. The Labute approximate surface area is 105 Å². The average Bonchev–Trinajstić information content (AvgIpc) is 2.20. The van der Waals surface area contributed by atoms with Crippen LogP contribution in [0.2, 0.25) is 0 Å². The predicted molar refractivity (Wildman–Crippen MR) is 62.6 cm³/mol. The lowest BCUT2D eigenvalue weighted by Gasteiger charge is -2.19. The number of alkyl halides is 1. The molecular weight excluding hydrogens is 248 g/mol. The Morgan fingerprint density at radius 2 is 1.59 bits per heavy atom. The zero-order chi connectivity index (χ0) is 13.5. The number of hydrogen-bond donors (Lipinski definition) is 2. The van der Waals surface area contributed by atoms with Crippen LogP contribution in [0.15, 0.2) is 0 Å². The van der Waals surface area contributed by atoms with Crippen molar-refractivity contribution in [2.24, 2.45) is 0 Å². The highest BCUT2D eigenvalue weighted by Crippen LogP contribution is 2.05. The molecule has 17 heavy (non-hydrogen) atoms. The first-order valence-electron chi connectivity index (χ1n) is 5.06. The first-order chi connectivity index (χ1) is 7.74. The van der Waals surface area contributed by atoms with Gasteiger partial charge in [-0.05, 0) is 20.8 Å². The smallest absolute Gasteiger partial charge is 0.325 e. The number of rotatable bonds is 5. The van der Waals surface area contributed by atoms with Crippen LogP contribution in [-0.4, -0.2) is 42.4 Å². The third kappa shape index (κ3) is 9.62. The molecule has 0 aliphatic carbocycles. The normalized spacial score (nSPS) is 10.6. The number of halogens is 1. The second-order valence-electron chi connectivity index (χ2n) is 4.27. The SMILES string of the molecule is CC(C)(C)OC(=O)CNC(=O)CNC(=O)CCl. The van der Waals surface area contributed by atoms with Gasteiger partial charge in [0, 0.05) is 0 Å². The molecule has 2 N–H and O–H groups in total. The second kappa shape index (κ2) is 7.11. The summed E-state index contributed by atoms with van der Waals surface area (Å²) in [4.78, 5) is 33.1. The Morgan fingerprint density at radius 1 is 1.06 bits per heavy atom. The molecule has 0 rings (SSSR count). The first-order valence-corrected chi connectivity index (χ1v) is 5.59. The first kappa shape index (κ1) is 15.7. The topological polar surface area (TPSA) is 84.5 Å². The van der Waals surface area contributed by atoms with Crippen LogP contribution in [0.4, 0.5) is 0 Å². The van der Waals surface area contributed by atoms with Gasteiger partial charge in [-0.2, -0.15) is 0 Å². The van der Waals surface area contributed by atoms with Crippen molar-refractivity contribution in [2.75, 3.05) is 19.0 Å². The molecule has 6 nitrogen and oxygen atoms in total. The summed E-state index contributed by atoms with van der Waals surface area (Å²) in [6.45, 7) is 4.75. The molecule has 0 atom stereocenters. The molecule has 98 valence electrons. The van der Waals surface area contributed by atoms with Gasteiger partial charge < -0.3 is 15.4 Å². The number of esters is 1. The number of nitrogens with one attached hydrogen (secondary N) is 2. The standard InChI is InChI=1S/C10H17ClN2O4/c1-10(2,3)17-9(16)6-13-8(15)5-12-7(14)4-11/h4-6H2,1-3H3,(H,12,14)(H,13,15). The Hall–Kier alpha value is -1.30. The summed E-state index contributed by atoms with van der Waals surface area (Å²) >= 11 is 5.22. The van der Waals surface area contributed by atoms with Gasteiger partial charge >= 0.3 is 5.97 Å². The van der Waals surface area contributed by atoms with Gasteiger partial charge in [0.15, 0.2) is 0 Å². The quantitative estimate of drug-likeness (QED) is 0.532. The van der Waals surface area contributed by atoms with Gasteiger partial charge in [-0.15, -0.1) is 11.6 Å². The fourth-order valence-electron chi connectivity index (χ4n) is 0.837. The van der Waals surface area contributed by atoms with E-state index in [1.54, 1.807) is 20.8 Å². The monoisotopic (exact) mass is 264 g/mol. The Bertz CT molecular complexity index is 299. The van der Waals surface area contributed by atoms with Crippen molar-refractivity contribution in [1.29, 1.82) is 0 Å². The molecule has 0 fully saturated rings. The van der Waals surface area contributed by atoms with Crippen molar-refractivity contribution in [2.45, 2.75) is 26.4 Å². The van der Waals surface area contributed by atoms with Crippen LogP contribution in [0.5, 0.6) is 0 Å². The molecule has 0 aromatic carbocycles. The highest BCUT2D eigenvalue weighted by Gasteiger charge is 2.16. The van der Waals surface area contributed by atoms with Crippen LogP contribution in [0.1, 0.15) is 20.8 Å². The van der Waals surface area contributed by atoms with Crippen molar-refractivity contribution in [3.8, 4) is 0 Å². The number of amides is 2. The van der Waals surface area contributed by atoms with E-state index in [0.717, 1.165) is 0 Å². The van der Waals surface area contributed by atoms with Crippen LogP contribution in [0.25, 0.3) is 0 Å². The van der Waals surface area contributed by atoms with Crippen LogP contribution in [-0.2, 0) is 19.1 Å². The van der Waals surface area contributed by atoms with Crippen LogP contribution >= 0.6 is 11.6 Å². The van der Waals surface area contributed by atoms with E-state index < -0.39 is 23.4 Å². The summed E-state index contributed by atoms with van der Waals surface area (Å²) in [6.07, 6.45) is 0. The molecule has 0 aliphatic heterocycles. The maximum absolute atomic E-state index is 11.2. The summed E-state index contributed by atoms with van der Waals surface area (Å²) in [5, 5.41) is 4.58. The van der Waals surface area contributed by atoms with Crippen LogP contribution in [0.3, 0.4) is 0 Å². The van der Waals surface area contributed by atoms with Gasteiger partial charge in [0.05, 0.1) is 6.54 Å². The van der Waals surface area contributed by atoms with E-state index in [1.807, 2.05) is 0 Å². The molecule has 0 spiro atoms. The largest absolute Gasteiger partial charge is 0.459 e. The van der Waals surface area contributed by atoms with E-state index >= 15 is 0 Å². The van der Waals surface area contributed by atoms with Gasteiger partial charge in [-0.3, -0.25) is 14.4 Å². The van der Waals surface area contributed by atoms with Crippen molar-refractivity contribution in [3.05, 3.63) is 0 Å². The Kier molecular flexibility index (Phi) is 6.57.